The Morgan fingerprint density at radius 2 is 1.16 bits per heavy atom. The first-order valence-electron chi connectivity index (χ1n) is 13.5. The average molecular weight is 510 g/mol. The van der Waals surface area contributed by atoms with Crippen LogP contribution in [0.5, 0.6) is 11.8 Å². The Morgan fingerprint density at radius 1 is 0.658 bits per heavy atom. The van der Waals surface area contributed by atoms with Crippen molar-refractivity contribution >= 4 is 0 Å². The van der Waals surface area contributed by atoms with Crippen LogP contribution in [0.4, 0.5) is 0 Å². The number of nitrogens with one attached hydrogen (secondary N) is 1. The molecule has 4 aromatic rings. The lowest BCUT2D eigenvalue weighted by Crippen LogP contribution is -2.13. The van der Waals surface area contributed by atoms with E-state index in [-0.39, 0.29) is 0 Å². The highest BCUT2D eigenvalue weighted by Gasteiger charge is 2.16. The molecule has 5 heteroatoms. The van der Waals surface area contributed by atoms with E-state index in [0.717, 1.165) is 71.9 Å². The largest absolute Gasteiger partial charge is 0.481 e. The van der Waals surface area contributed by atoms with Gasteiger partial charge in [0.25, 0.3) is 0 Å². The summed E-state index contributed by atoms with van der Waals surface area (Å²) in [5.74, 6) is 1.38. The molecule has 1 N–H and O–H groups in total. The second kappa shape index (κ2) is 12.7. The third kappa shape index (κ3) is 5.73. The number of ether oxygens (including phenoxy) is 2. The maximum absolute atomic E-state index is 5.66. The number of hydrogen-bond acceptors (Lipinski definition) is 5. The average Bonchev–Trinajstić information content (AvgIpc) is 2.95. The monoisotopic (exact) mass is 509 g/mol. The zero-order chi connectivity index (χ0) is 27.1. The van der Waals surface area contributed by atoms with Gasteiger partial charge in [-0.3, -0.25) is 0 Å². The molecule has 2 aromatic heterocycles. The maximum atomic E-state index is 5.66. The van der Waals surface area contributed by atoms with Crippen LogP contribution in [0.1, 0.15) is 48.9 Å². The van der Waals surface area contributed by atoms with E-state index in [1.54, 1.807) is 14.2 Å². The highest BCUT2D eigenvalue weighted by atomic mass is 16.5. The molecular weight excluding hydrogens is 470 g/mol. The Morgan fingerprint density at radius 3 is 1.66 bits per heavy atom. The lowest BCUT2D eigenvalue weighted by Gasteiger charge is -2.17. The molecule has 0 atom stereocenters. The summed E-state index contributed by atoms with van der Waals surface area (Å²) in [5.41, 5.74) is 11.0. The molecule has 0 amide bonds. The van der Waals surface area contributed by atoms with Gasteiger partial charge < -0.3 is 14.8 Å². The standard InChI is InChI=1S/C33H39N3O2/c1-7-9-12-24-17-19-30(35-32(24)37-5)28-15-10-13-26(22(28)3)27-14-11-16-29(23(27)4)31-20-18-25(21-34-8-2)33(36-31)38-6/h10-11,13-20,34H,7-9,12,21H2,1-6H3. The van der Waals surface area contributed by atoms with E-state index in [0.29, 0.717) is 5.88 Å². The van der Waals surface area contributed by atoms with Gasteiger partial charge in [0, 0.05) is 28.8 Å². The van der Waals surface area contributed by atoms with E-state index in [1.165, 1.54) is 22.3 Å². The fourth-order valence-electron chi connectivity index (χ4n) is 4.95. The Kier molecular flexibility index (Phi) is 9.14. The molecule has 0 aliphatic rings. The molecule has 0 fully saturated rings. The van der Waals surface area contributed by atoms with Crippen LogP contribution in [-0.2, 0) is 13.0 Å². The first kappa shape index (κ1) is 27.3. The zero-order valence-corrected chi connectivity index (χ0v) is 23.5. The summed E-state index contributed by atoms with van der Waals surface area (Å²) in [6, 6.07) is 21.3. The molecule has 38 heavy (non-hydrogen) atoms. The molecule has 4 rings (SSSR count). The lowest BCUT2D eigenvalue weighted by molar-refractivity contribution is 0.391. The number of rotatable bonds is 11. The first-order valence-corrected chi connectivity index (χ1v) is 13.5. The van der Waals surface area contributed by atoms with Crippen LogP contribution in [0.25, 0.3) is 33.6 Å². The van der Waals surface area contributed by atoms with E-state index < -0.39 is 0 Å². The van der Waals surface area contributed by atoms with Gasteiger partial charge in [-0.1, -0.05) is 68.8 Å². The van der Waals surface area contributed by atoms with Crippen molar-refractivity contribution in [1.82, 2.24) is 15.3 Å². The van der Waals surface area contributed by atoms with Crippen LogP contribution < -0.4 is 14.8 Å². The van der Waals surface area contributed by atoms with Gasteiger partial charge in [0.15, 0.2) is 0 Å². The minimum absolute atomic E-state index is 0.661. The van der Waals surface area contributed by atoms with Crippen molar-refractivity contribution in [2.75, 3.05) is 20.8 Å². The minimum atomic E-state index is 0.661. The van der Waals surface area contributed by atoms with Gasteiger partial charge in [-0.15, -0.1) is 0 Å². The molecule has 0 bridgehead atoms. The van der Waals surface area contributed by atoms with Gasteiger partial charge in [0.2, 0.25) is 11.8 Å². The molecule has 5 nitrogen and oxygen atoms in total. The maximum Gasteiger partial charge on any atom is 0.218 e. The van der Waals surface area contributed by atoms with Crippen molar-refractivity contribution in [3.63, 3.8) is 0 Å². The van der Waals surface area contributed by atoms with Crippen LogP contribution in [0.2, 0.25) is 0 Å². The zero-order valence-electron chi connectivity index (χ0n) is 23.5. The first-order chi connectivity index (χ1) is 18.5. The van der Waals surface area contributed by atoms with Gasteiger partial charge in [-0.05, 0) is 67.6 Å². The summed E-state index contributed by atoms with van der Waals surface area (Å²) in [4.78, 5) is 9.75. The molecule has 0 spiro atoms. The number of unbranched alkanes of at least 4 members (excludes halogenated alkanes) is 1. The van der Waals surface area contributed by atoms with Gasteiger partial charge in [0.05, 0.1) is 25.6 Å². The van der Waals surface area contributed by atoms with Crippen molar-refractivity contribution in [2.24, 2.45) is 0 Å². The summed E-state index contributed by atoms with van der Waals surface area (Å²) < 4.78 is 11.3. The highest BCUT2D eigenvalue weighted by Crippen LogP contribution is 2.37. The normalized spacial score (nSPS) is 11.0. The molecule has 2 heterocycles. The fourth-order valence-corrected chi connectivity index (χ4v) is 4.95. The number of aromatic nitrogens is 2. The Balaban J connectivity index is 1.74. The molecule has 0 radical (unpaired) electrons. The van der Waals surface area contributed by atoms with E-state index >= 15 is 0 Å². The van der Waals surface area contributed by atoms with Crippen LogP contribution in [-0.4, -0.2) is 30.7 Å². The van der Waals surface area contributed by atoms with Crippen molar-refractivity contribution in [2.45, 2.75) is 53.5 Å². The van der Waals surface area contributed by atoms with E-state index in [9.17, 15) is 0 Å². The summed E-state index contributed by atoms with van der Waals surface area (Å²) in [6.45, 7) is 10.3. The number of pyridine rings is 2. The van der Waals surface area contributed by atoms with Crippen molar-refractivity contribution in [3.05, 3.63) is 82.9 Å². The fraction of sp³-hybridized carbons (Fsp3) is 0.333. The van der Waals surface area contributed by atoms with Gasteiger partial charge in [-0.25, -0.2) is 9.97 Å². The Bertz CT molecular complexity index is 1290. The summed E-state index contributed by atoms with van der Waals surface area (Å²) in [7, 11) is 3.38. The van der Waals surface area contributed by atoms with Crippen molar-refractivity contribution in [1.29, 1.82) is 0 Å². The van der Waals surface area contributed by atoms with Crippen LogP contribution in [0.15, 0.2) is 60.7 Å². The molecular formula is C33H39N3O2. The number of aryl methyl sites for hydroxylation is 1. The van der Waals surface area contributed by atoms with Crippen LogP contribution in [0, 0.1) is 13.8 Å². The number of nitrogens with zero attached hydrogens (tertiary/aromatic N) is 2. The third-order valence-electron chi connectivity index (χ3n) is 7.14. The number of methoxy groups -OCH3 is 2. The van der Waals surface area contributed by atoms with E-state index in [2.05, 4.69) is 93.7 Å². The molecule has 0 unspecified atom stereocenters. The molecule has 198 valence electrons. The van der Waals surface area contributed by atoms with Gasteiger partial charge in [0.1, 0.15) is 0 Å². The van der Waals surface area contributed by atoms with Gasteiger partial charge >= 0.3 is 0 Å². The highest BCUT2D eigenvalue weighted by molar-refractivity contribution is 5.82. The lowest BCUT2D eigenvalue weighted by atomic mass is 9.89. The Labute approximate surface area is 227 Å². The van der Waals surface area contributed by atoms with Gasteiger partial charge in [-0.2, -0.15) is 0 Å². The predicted molar refractivity (Wildman–Crippen MR) is 157 cm³/mol. The Hall–Kier alpha value is -3.70. The quantitative estimate of drug-likeness (QED) is 0.226. The van der Waals surface area contributed by atoms with Crippen molar-refractivity contribution < 1.29 is 9.47 Å². The SMILES string of the molecule is CCCCc1ccc(-c2cccc(-c3cccc(-c4ccc(CNCC)c(OC)n4)c3C)c2C)nc1OC. The van der Waals surface area contributed by atoms with E-state index in [1.807, 2.05) is 0 Å². The number of benzene rings is 2. The van der Waals surface area contributed by atoms with Crippen LogP contribution >= 0.6 is 0 Å². The topological polar surface area (TPSA) is 56.3 Å². The van der Waals surface area contributed by atoms with Crippen LogP contribution in [0.3, 0.4) is 0 Å². The molecule has 0 aliphatic carbocycles. The smallest absolute Gasteiger partial charge is 0.218 e. The predicted octanol–water partition coefficient (Wildman–Crippen LogP) is 7.56. The summed E-state index contributed by atoms with van der Waals surface area (Å²) in [6.07, 6.45) is 3.25. The molecule has 0 saturated carbocycles. The summed E-state index contributed by atoms with van der Waals surface area (Å²) in [5, 5.41) is 3.35. The summed E-state index contributed by atoms with van der Waals surface area (Å²) >= 11 is 0. The van der Waals surface area contributed by atoms with Crippen molar-refractivity contribution in [3.8, 4) is 45.4 Å². The van der Waals surface area contributed by atoms with E-state index in [4.69, 9.17) is 19.4 Å². The minimum Gasteiger partial charge on any atom is -0.481 e. The molecule has 2 aromatic carbocycles. The third-order valence-corrected chi connectivity index (χ3v) is 7.14. The second-order valence-electron chi connectivity index (χ2n) is 9.57. The molecule has 0 saturated heterocycles. The second-order valence-corrected chi connectivity index (χ2v) is 9.57. The molecule has 0 aliphatic heterocycles. The number of hydrogen-bond donors (Lipinski definition) is 1.